The predicted octanol–water partition coefficient (Wildman–Crippen LogP) is 5.02. The fraction of sp³-hybridized carbons (Fsp3) is 0.250. The van der Waals surface area contributed by atoms with Crippen molar-refractivity contribution in [3.8, 4) is 0 Å². The van der Waals surface area contributed by atoms with Crippen LogP contribution >= 0.6 is 0 Å². The zero-order valence-electron chi connectivity index (χ0n) is 14.0. The van der Waals surface area contributed by atoms with Crippen molar-refractivity contribution in [2.24, 2.45) is 4.99 Å². The molecule has 0 unspecified atom stereocenters. The molecule has 0 radical (unpaired) electrons. The van der Waals surface area contributed by atoms with Gasteiger partial charge in [-0.25, -0.2) is 0 Å². The number of fused-ring (bicyclic) bond motifs is 2. The lowest BCUT2D eigenvalue weighted by molar-refractivity contribution is 0.910. The maximum Gasteiger partial charge on any atom is 0.0861 e. The summed E-state index contributed by atoms with van der Waals surface area (Å²) in [6.45, 7) is 3.96. The Hall–Kier alpha value is -2.75. The monoisotopic (exact) mass is 320 g/mol. The van der Waals surface area contributed by atoms with E-state index in [1.165, 1.54) is 0 Å². The van der Waals surface area contributed by atoms with Gasteiger partial charge in [0.15, 0.2) is 0 Å². The van der Waals surface area contributed by atoms with E-state index >= 15 is 0 Å². The number of nitrogens with zero attached hydrogens (tertiary/aromatic N) is 1. The summed E-state index contributed by atoms with van der Waals surface area (Å²) in [6.07, 6.45) is 5.92. The number of para-hydroxylation sites is 4. The molecule has 0 saturated heterocycles. The van der Waals surface area contributed by atoms with Gasteiger partial charge in [-0.3, -0.25) is 4.99 Å². The van der Waals surface area contributed by atoms with Gasteiger partial charge in [0.2, 0.25) is 0 Å². The summed E-state index contributed by atoms with van der Waals surface area (Å²) in [6, 6.07) is 16.5. The third kappa shape index (κ3) is 4.16. The summed E-state index contributed by atoms with van der Waals surface area (Å²) in [5.41, 5.74) is 5.41. The summed E-state index contributed by atoms with van der Waals surface area (Å²) in [4.78, 5) is 4.67. The zero-order chi connectivity index (χ0) is 16.6. The molecule has 24 heavy (non-hydrogen) atoms. The summed E-state index contributed by atoms with van der Waals surface area (Å²) in [5, 5.41) is 10.4. The first-order valence-corrected chi connectivity index (χ1v) is 8.52. The Balaban J connectivity index is 1.90. The van der Waals surface area contributed by atoms with Crippen molar-refractivity contribution in [1.82, 2.24) is 0 Å². The van der Waals surface area contributed by atoms with Crippen molar-refractivity contribution in [1.29, 1.82) is 0 Å². The van der Waals surface area contributed by atoms with Crippen LogP contribution in [0.25, 0.3) is 0 Å². The average molecular weight is 320 g/mol. The minimum Gasteiger partial charge on any atom is -0.383 e. The quantitative estimate of drug-likeness (QED) is 0.691. The SMILES string of the molecule is CC/C1=C/Nc2ccccc2NCCCNc2ccccc2N=C1. The van der Waals surface area contributed by atoms with Crippen LogP contribution in [0.4, 0.5) is 22.7 Å². The minimum atomic E-state index is 0.908. The number of hydrogen-bond donors (Lipinski definition) is 3. The lowest BCUT2D eigenvalue weighted by Gasteiger charge is -2.14. The molecule has 1 aliphatic rings. The molecule has 0 spiro atoms. The van der Waals surface area contributed by atoms with Crippen molar-refractivity contribution in [3.63, 3.8) is 0 Å². The van der Waals surface area contributed by atoms with Crippen molar-refractivity contribution >= 4 is 29.0 Å². The van der Waals surface area contributed by atoms with E-state index in [4.69, 9.17) is 0 Å². The molecule has 3 N–H and O–H groups in total. The van der Waals surface area contributed by atoms with E-state index < -0.39 is 0 Å². The zero-order valence-corrected chi connectivity index (χ0v) is 14.0. The van der Waals surface area contributed by atoms with Gasteiger partial charge in [0.25, 0.3) is 0 Å². The van der Waals surface area contributed by atoms with Gasteiger partial charge >= 0.3 is 0 Å². The van der Waals surface area contributed by atoms with E-state index in [0.717, 1.165) is 54.3 Å². The van der Waals surface area contributed by atoms with Crippen LogP contribution in [0.1, 0.15) is 19.8 Å². The number of aliphatic imine (C=N–C) groups is 1. The Labute approximate surface area is 143 Å². The highest BCUT2D eigenvalue weighted by Crippen LogP contribution is 2.25. The second kappa shape index (κ2) is 8.20. The Bertz CT molecular complexity index is 734. The first-order valence-electron chi connectivity index (χ1n) is 8.52. The van der Waals surface area contributed by atoms with Crippen LogP contribution in [0.3, 0.4) is 0 Å². The summed E-state index contributed by atoms with van der Waals surface area (Å²) in [5.74, 6) is 0. The molecule has 0 amide bonds. The summed E-state index contributed by atoms with van der Waals surface area (Å²) >= 11 is 0. The first kappa shape index (κ1) is 16.1. The molecule has 0 saturated carbocycles. The number of nitrogens with one attached hydrogen (secondary N) is 3. The van der Waals surface area contributed by atoms with Crippen LogP contribution in [0.5, 0.6) is 0 Å². The number of hydrogen-bond acceptors (Lipinski definition) is 4. The molecule has 2 aromatic carbocycles. The van der Waals surface area contributed by atoms with Gasteiger partial charge in [0, 0.05) is 25.5 Å². The Morgan fingerprint density at radius 2 is 1.54 bits per heavy atom. The molecule has 0 atom stereocenters. The van der Waals surface area contributed by atoms with Gasteiger partial charge in [0.1, 0.15) is 0 Å². The second-order valence-electron chi connectivity index (χ2n) is 5.75. The Morgan fingerprint density at radius 3 is 2.33 bits per heavy atom. The average Bonchev–Trinajstić information content (AvgIpc) is 2.63. The van der Waals surface area contributed by atoms with Crippen molar-refractivity contribution < 1.29 is 0 Å². The first-order chi connectivity index (χ1) is 11.9. The van der Waals surface area contributed by atoms with Crippen LogP contribution in [-0.4, -0.2) is 19.3 Å². The number of allylic oxidation sites excluding steroid dienone is 1. The lowest BCUT2D eigenvalue weighted by atomic mass is 10.2. The van der Waals surface area contributed by atoms with Gasteiger partial charge in [-0.2, -0.15) is 0 Å². The fourth-order valence-corrected chi connectivity index (χ4v) is 2.59. The molecule has 0 fully saturated rings. The number of benzene rings is 2. The standard InChI is InChI=1S/C20H24N4/c1-2-16-14-23-19-10-5-3-8-17(19)21-12-7-13-22-18-9-4-6-11-20(18)24-15-16/h3-6,8-11,14-15,21-23H,2,7,12-13H2,1H3/b16-14-,24-15?. The molecule has 0 bridgehead atoms. The fourth-order valence-electron chi connectivity index (χ4n) is 2.59. The van der Waals surface area contributed by atoms with Crippen molar-refractivity contribution in [2.45, 2.75) is 19.8 Å². The van der Waals surface area contributed by atoms with E-state index in [1.807, 2.05) is 36.7 Å². The van der Waals surface area contributed by atoms with Crippen LogP contribution in [0.2, 0.25) is 0 Å². The lowest BCUT2D eigenvalue weighted by Crippen LogP contribution is -2.10. The number of anilines is 3. The third-order valence-corrected chi connectivity index (χ3v) is 4.01. The number of rotatable bonds is 1. The van der Waals surface area contributed by atoms with Crippen LogP contribution < -0.4 is 16.0 Å². The van der Waals surface area contributed by atoms with Gasteiger partial charge in [0.05, 0.1) is 22.7 Å². The normalized spacial score (nSPS) is 17.0. The summed E-state index contributed by atoms with van der Waals surface area (Å²) in [7, 11) is 0. The van der Waals surface area contributed by atoms with E-state index in [1.54, 1.807) is 0 Å². The molecule has 4 nitrogen and oxygen atoms in total. The molecule has 2 aromatic rings. The molecule has 0 aromatic heterocycles. The van der Waals surface area contributed by atoms with Crippen LogP contribution in [-0.2, 0) is 0 Å². The maximum atomic E-state index is 4.67. The smallest absolute Gasteiger partial charge is 0.0861 e. The molecule has 0 aliphatic carbocycles. The van der Waals surface area contributed by atoms with Gasteiger partial charge in [-0.1, -0.05) is 31.2 Å². The summed E-state index contributed by atoms with van der Waals surface area (Å²) < 4.78 is 0. The third-order valence-electron chi connectivity index (χ3n) is 4.01. The van der Waals surface area contributed by atoms with E-state index in [0.29, 0.717) is 0 Å². The predicted molar refractivity (Wildman–Crippen MR) is 105 cm³/mol. The minimum absolute atomic E-state index is 0.908. The molecular formula is C20H24N4. The van der Waals surface area contributed by atoms with E-state index in [-0.39, 0.29) is 0 Å². The highest BCUT2D eigenvalue weighted by atomic mass is 15.0. The Morgan fingerprint density at radius 1 is 0.875 bits per heavy atom. The van der Waals surface area contributed by atoms with E-state index in [2.05, 4.69) is 52.1 Å². The van der Waals surface area contributed by atoms with Gasteiger partial charge < -0.3 is 16.0 Å². The second-order valence-corrected chi connectivity index (χ2v) is 5.75. The maximum absolute atomic E-state index is 4.67. The molecule has 124 valence electrons. The Kier molecular flexibility index (Phi) is 5.51. The molecule has 1 heterocycles. The van der Waals surface area contributed by atoms with Crippen LogP contribution in [0, 0.1) is 0 Å². The van der Waals surface area contributed by atoms with Gasteiger partial charge in [-0.15, -0.1) is 0 Å². The highest BCUT2D eigenvalue weighted by Gasteiger charge is 2.03. The van der Waals surface area contributed by atoms with Gasteiger partial charge in [-0.05, 0) is 42.7 Å². The van der Waals surface area contributed by atoms with Crippen molar-refractivity contribution in [3.05, 3.63) is 60.3 Å². The molecule has 3 rings (SSSR count). The molecule has 1 aliphatic heterocycles. The van der Waals surface area contributed by atoms with E-state index in [9.17, 15) is 0 Å². The molecular weight excluding hydrogens is 296 g/mol. The van der Waals surface area contributed by atoms with Crippen LogP contribution in [0.15, 0.2) is 65.3 Å². The molecule has 4 heteroatoms. The highest BCUT2D eigenvalue weighted by molar-refractivity contribution is 5.84. The topological polar surface area (TPSA) is 48.4 Å². The largest absolute Gasteiger partial charge is 0.383 e. The van der Waals surface area contributed by atoms with Crippen molar-refractivity contribution in [2.75, 3.05) is 29.0 Å².